The minimum Gasteiger partial charge on any atom is -0.497 e. The van der Waals surface area contributed by atoms with Gasteiger partial charge in [-0.2, -0.15) is 5.26 Å². The number of methoxy groups -OCH3 is 1. The number of hydrogen-bond acceptors (Lipinski definition) is 3. The Hall–Kier alpha value is -3.78. The highest BCUT2D eigenvalue weighted by Crippen LogP contribution is 2.23. The van der Waals surface area contributed by atoms with Crippen LogP contribution in [0.25, 0.3) is 17.0 Å². The van der Waals surface area contributed by atoms with Crippen LogP contribution in [0, 0.1) is 11.3 Å². The molecule has 1 N–H and O–H groups in total. The third kappa shape index (κ3) is 4.13. The van der Waals surface area contributed by atoms with E-state index in [2.05, 4.69) is 11.9 Å². The smallest absolute Gasteiger partial charge is 0.262 e. The van der Waals surface area contributed by atoms with Gasteiger partial charge in [-0.05, 0) is 29.8 Å². The summed E-state index contributed by atoms with van der Waals surface area (Å²) in [5.41, 5.74) is 2.85. The van der Waals surface area contributed by atoms with Crippen molar-refractivity contribution in [3.63, 3.8) is 0 Å². The number of nitrogens with one attached hydrogen (secondary N) is 1. The second kappa shape index (κ2) is 8.74. The third-order valence-corrected chi connectivity index (χ3v) is 4.42. The zero-order valence-electron chi connectivity index (χ0n) is 15.7. The number of carbonyl (C=O) groups excluding carboxylic acids is 1. The average Bonchev–Trinajstić information content (AvgIpc) is 3.08. The van der Waals surface area contributed by atoms with Crippen LogP contribution in [0.4, 0.5) is 0 Å². The molecule has 0 saturated heterocycles. The van der Waals surface area contributed by atoms with Crippen molar-refractivity contribution in [3.05, 3.63) is 84.1 Å². The van der Waals surface area contributed by atoms with Crippen molar-refractivity contribution in [3.8, 4) is 11.8 Å². The van der Waals surface area contributed by atoms with Gasteiger partial charge in [-0.25, -0.2) is 0 Å². The van der Waals surface area contributed by atoms with Crippen molar-refractivity contribution in [2.24, 2.45) is 0 Å². The molecule has 0 aliphatic carbocycles. The second-order valence-corrected chi connectivity index (χ2v) is 6.24. The van der Waals surface area contributed by atoms with E-state index in [9.17, 15) is 10.1 Å². The van der Waals surface area contributed by atoms with Crippen LogP contribution in [0.15, 0.2) is 73.0 Å². The first-order valence-corrected chi connectivity index (χ1v) is 8.88. The summed E-state index contributed by atoms with van der Waals surface area (Å²) in [6.07, 6.45) is 5.37. The van der Waals surface area contributed by atoms with Crippen LogP contribution in [0.2, 0.25) is 0 Å². The van der Waals surface area contributed by atoms with Gasteiger partial charge < -0.3 is 14.6 Å². The number of carbonyl (C=O) groups is 1. The molecular formula is C23H21N3O2. The summed E-state index contributed by atoms with van der Waals surface area (Å²) < 4.78 is 7.16. The molecule has 0 radical (unpaired) electrons. The highest BCUT2D eigenvalue weighted by atomic mass is 16.5. The van der Waals surface area contributed by atoms with E-state index >= 15 is 0 Å². The molecule has 1 heterocycles. The summed E-state index contributed by atoms with van der Waals surface area (Å²) in [5.74, 6) is 0.350. The van der Waals surface area contributed by atoms with Gasteiger partial charge in [-0.15, -0.1) is 6.58 Å². The van der Waals surface area contributed by atoms with E-state index in [0.29, 0.717) is 13.1 Å². The van der Waals surface area contributed by atoms with Gasteiger partial charge in [0.05, 0.1) is 7.11 Å². The van der Waals surface area contributed by atoms with Crippen LogP contribution in [0.3, 0.4) is 0 Å². The number of nitrogens with zero attached hydrogens (tertiary/aromatic N) is 2. The Balaban J connectivity index is 1.81. The van der Waals surface area contributed by atoms with E-state index in [1.807, 2.05) is 71.4 Å². The van der Waals surface area contributed by atoms with Crippen LogP contribution in [0.1, 0.15) is 11.1 Å². The molecule has 5 nitrogen and oxygen atoms in total. The average molecular weight is 371 g/mol. The lowest BCUT2D eigenvalue weighted by molar-refractivity contribution is -0.117. The van der Waals surface area contributed by atoms with Crippen molar-refractivity contribution >= 4 is 22.9 Å². The van der Waals surface area contributed by atoms with Crippen LogP contribution < -0.4 is 10.1 Å². The van der Waals surface area contributed by atoms with Gasteiger partial charge >= 0.3 is 0 Å². The number of nitriles is 1. The molecule has 3 rings (SSSR count). The molecule has 0 aliphatic heterocycles. The summed E-state index contributed by atoms with van der Waals surface area (Å²) in [5, 5.41) is 13.3. The van der Waals surface area contributed by atoms with Gasteiger partial charge in [0, 0.05) is 35.8 Å². The highest BCUT2D eigenvalue weighted by Gasteiger charge is 2.12. The van der Waals surface area contributed by atoms with Gasteiger partial charge in [0.15, 0.2) is 0 Å². The molecule has 3 aromatic rings. The van der Waals surface area contributed by atoms with Gasteiger partial charge in [-0.3, -0.25) is 4.79 Å². The molecule has 0 spiro atoms. The number of hydrogen-bond donors (Lipinski definition) is 1. The normalized spacial score (nSPS) is 11.1. The minimum absolute atomic E-state index is 0.0648. The van der Waals surface area contributed by atoms with Gasteiger partial charge in [0.1, 0.15) is 17.4 Å². The molecule has 28 heavy (non-hydrogen) atoms. The van der Waals surface area contributed by atoms with Crippen LogP contribution in [-0.4, -0.2) is 17.6 Å². The maximum Gasteiger partial charge on any atom is 0.262 e. The van der Waals surface area contributed by atoms with E-state index in [0.717, 1.165) is 27.8 Å². The van der Waals surface area contributed by atoms with E-state index in [1.54, 1.807) is 13.2 Å². The number of ether oxygens (including phenoxy) is 1. The minimum atomic E-state index is -0.404. The molecule has 0 aliphatic rings. The Labute approximate surface area is 164 Å². The highest BCUT2D eigenvalue weighted by molar-refractivity contribution is 6.04. The number of fused-ring (bicyclic) bond motifs is 1. The summed E-state index contributed by atoms with van der Waals surface area (Å²) in [6, 6.07) is 17.3. The molecule has 140 valence electrons. The molecule has 0 saturated carbocycles. The van der Waals surface area contributed by atoms with Crippen LogP contribution >= 0.6 is 0 Å². The van der Waals surface area contributed by atoms with Crippen molar-refractivity contribution in [1.29, 1.82) is 5.26 Å². The maximum absolute atomic E-state index is 12.5. The number of aromatic nitrogens is 1. The molecule has 0 bridgehead atoms. The SMILES string of the molecule is C=CCn1cc(/C=C(/C#N)C(=O)NCc2ccc(OC)cc2)c2ccccc21. The van der Waals surface area contributed by atoms with Gasteiger partial charge in [-0.1, -0.05) is 36.4 Å². The van der Waals surface area contributed by atoms with E-state index in [-0.39, 0.29) is 5.57 Å². The van der Waals surface area contributed by atoms with Crippen LogP contribution in [0.5, 0.6) is 5.75 Å². The molecule has 0 unspecified atom stereocenters. The second-order valence-electron chi connectivity index (χ2n) is 6.24. The first kappa shape index (κ1) is 19.0. The molecule has 1 aromatic heterocycles. The lowest BCUT2D eigenvalue weighted by Gasteiger charge is -2.05. The van der Waals surface area contributed by atoms with Crippen molar-refractivity contribution in [2.75, 3.05) is 7.11 Å². The van der Waals surface area contributed by atoms with E-state index in [4.69, 9.17) is 4.74 Å². The lowest BCUT2D eigenvalue weighted by Crippen LogP contribution is -2.23. The standard InChI is InChI=1S/C23H21N3O2/c1-3-12-26-16-19(21-6-4-5-7-22(21)26)13-18(14-24)23(27)25-15-17-8-10-20(28-2)11-9-17/h3-11,13,16H,1,12,15H2,2H3,(H,25,27)/b18-13-. The van der Waals surface area contributed by atoms with Crippen LogP contribution in [-0.2, 0) is 17.9 Å². The summed E-state index contributed by atoms with van der Waals surface area (Å²) >= 11 is 0. The Morgan fingerprint density at radius 3 is 2.68 bits per heavy atom. The summed E-state index contributed by atoms with van der Waals surface area (Å²) in [7, 11) is 1.60. The van der Waals surface area contributed by atoms with Crippen molar-refractivity contribution in [2.45, 2.75) is 13.1 Å². The quantitative estimate of drug-likeness (QED) is 0.387. The predicted octanol–water partition coefficient (Wildman–Crippen LogP) is 4.06. The maximum atomic E-state index is 12.5. The Bertz CT molecular complexity index is 1070. The van der Waals surface area contributed by atoms with Crippen molar-refractivity contribution < 1.29 is 9.53 Å². The fourth-order valence-electron chi connectivity index (χ4n) is 3.01. The topological polar surface area (TPSA) is 67.0 Å². The Kier molecular flexibility index (Phi) is 5.93. The largest absolute Gasteiger partial charge is 0.497 e. The van der Waals surface area contributed by atoms with E-state index < -0.39 is 5.91 Å². The molecule has 0 fully saturated rings. The zero-order chi connectivity index (χ0) is 19.9. The predicted molar refractivity (Wildman–Crippen MR) is 111 cm³/mol. The monoisotopic (exact) mass is 371 g/mol. The fourth-order valence-corrected chi connectivity index (χ4v) is 3.01. The molecule has 2 aromatic carbocycles. The molecule has 1 amide bonds. The first-order valence-electron chi connectivity index (χ1n) is 8.88. The lowest BCUT2D eigenvalue weighted by atomic mass is 10.1. The van der Waals surface area contributed by atoms with Gasteiger partial charge in [0.25, 0.3) is 5.91 Å². The first-order chi connectivity index (χ1) is 13.7. The zero-order valence-corrected chi connectivity index (χ0v) is 15.7. The molecule has 0 atom stereocenters. The third-order valence-electron chi connectivity index (χ3n) is 4.42. The van der Waals surface area contributed by atoms with Gasteiger partial charge in [0.2, 0.25) is 0 Å². The Morgan fingerprint density at radius 1 is 1.25 bits per heavy atom. The Morgan fingerprint density at radius 2 is 2.00 bits per heavy atom. The fraction of sp³-hybridized carbons (Fsp3) is 0.130. The number of benzene rings is 2. The van der Waals surface area contributed by atoms with E-state index in [1.165, 1.54) is 0 Å². The number of para-hydroxylation sites is 1. The molecular weight excluding hydrogens is 350 g/mol. The summed E-state index contributed by atoms with van der Waals surface area (Å²) in [4.78, 5) is 12.5. The van der Waals surface area contributed by atoms with Crippen molar-refractivity contribution in [1.82, 2.24) is 9.88 Å². The number of allylic oxidation sites excluding steroid dienone is 1. The number of amides is 1. The number of rotatable bonds is 7. The summed E-state index contributed by atoms with van der Waals surface area (Å²) in [6.45, 7) is 4.77. The molecule has 5 heteroatoms.